The molecule has 2 aromatic carbocycles. The van der Waals surface area contributed by atoms with Gasteiger partial charge in [0, 0.05) is 19.1 Å². The predicted octanol–water partition coefficient (Wildman–Crippen LogP) is 5.79. The standard InChI is InChI=1S/C31H42N2O2/c1-24(2)26-12-14-28(15-13-26)32-18-16-31(17-19-32)29-11-7-6-10-27(29)22-33(30(31)34)20-21-35-23-25-8-4-3-5-9-25/h3-11,24,26,28H,12-23H2,1-2H3. The molecule has 1 saturated heterocycles. The van der Waals surface area contributed by atoms with E-state index in [0.717, 1.165) is 37.8 Å². The number of rotatable bonds is 7. The maximum absolute atomic E-state index is 14.0. The van der Waals surface area contributed by atoms with Crippen LogP contribution in [0.4, 0.5) is 0 Å². The second-order valence-electron chi connectivity index (χ2n) is 11.4. The predicted molar refractivity (Wildman–Crippen MR) is 141 cm³/mol. The van der Waals surface area contributed by atoms with Gasteiger partial charge in [0.05, 0.1) is 18.6 Å². The molecule has 2 fully saturated rings. The van der Waals surface area contributed by atoms with E-state index in [1.54, 1.807) is 0 Å². The summed E-state index contributed by atoms with van der Waals surface area (Å²) >= 11 is 0. The zero-order valence-electron chi connectivity index (χ0n) is 21.6. The Morgan fingerprint density at radius 2 is 1.63 bits per heavy atom. The van der Waals surface area contributed by atoms with Gasteiger partial charge in [0.1, 0.15) is 0 Å². The Hall–Kier alpha value is -2.17. The monoisotopic (exact) mass is 474 g/mol. The molecule has 2 heterocycles. The van der Waals surface area contributed by atoms with Crippen molar-refractivity contribution in [2.24, 2.45) is 11.8 Å². The van der Waals surface area contributed by atoms with E-state index in [1.807, 2.05) is 18.2 Å². The molecule has 4 heteroatoms. The number of hydrogen-bond donors (Lipinski definition) is 0. The molecule has 0 radical (unpaired) electrons. The van der Waals surface area contributed by atoms with Crippen molar-refractivity contribution in [2.45, 2.75) is 77.0 Å². The zero-order valence-corrected chi connectivity index (χ0v) is 21.6. The van der Waals surface area contributed by atoms with Crippen LogP contribution in [-0.4, -0.2) is 48.0 Å². The summed E-state index contributed by atoms with van der Waals surface area (Å²) in [6.45, 7) is 9.35. The van der Waals surface area contributed by atoms with Crippen LogP contribution in [0.15, 0.2) is 54.6 Å². The molecule has 0 atom stereocenters. The van der Waals surface area contributed by atoms with Crippen LogP contribution in [0.25, 0.3) is 0 Å². The van der Waals surface area contributed by atoms with E-state index in [0.29, 0.717) is 38.3 Å². The summed E-state index contributed by atoms with van der Waals surface area (Å²) in [7, 11) is 0. The Balaban J connectivity index is 1.23. The van der Waals surface area contributed by atoms with Gasteiger partial charge in [-0.2, -0.15) is 0 Å². The Bertz CT molecular complexity index is 972. The van der Waals surface area contributed by atoms with Gasteiger partial charge in [-0.15, -0.1) is 0 Å². The summed E-state index contributed by atoms with van der Waals surface area (Å²) < 4.78 is 5.95. The fraction of sp³-hybridized carbons (Fsp3) is 0.581. The third-order valence-corrected chi connectivity index (χ3v) is 9.06. The van der Waals surface area contributed by atoms with Crippen molar-refractivity contribution in [3.05, 3.63) is 71.3 Å². The summed E-state index contributed by atoms with van der Waals surface area (Å²) in [6, 6.07) is 19.7. The molecule has 2 aliphatic heterocycles. The van der Waals surface area contributed by atoms with E-state index < -0.39 is 0 Å². The number of nitrogens with zero attached hydrogens (tertiary/aromatic N) is 2. The van der Waals surface area contributed by atoms with Gasteiger partial charge < -0.3 is 14.5 Å². The molecule has 0 bridgehead atoms. The smallest absolute Gasteiger partial charge is 0.233 e. The molecule has 4 nitrogen and oxygen atoms in total. The van der Waals surface area contributed by atoms with E-state index in [4.69, 9.17) is 4.74 Å². The highest BCUT2D eigenvalue weighted by Gasteiger charge is 2.49. The molecule has 1 saturated carbocycles. The van der Waals surface area contributed by atoms with Gasteiger partial charge in [-0.25, -0.2) is 0 Å². The van der Waals surface area contributed by atoms with Crippen LogP contribution < -0.4 is 0 Å². The van der Waals surface area contributed by atoms with E-state index >= 15 is 0 Å². The summed E-state index contributed by atoms with van der Waals surface area (Å²) in [5.74, 6) is 2.02. The average Bonchev–Trinajstić information content (AvgIpc) is 2.90. The van der Waals surface area contributed by atoms with E-state index in [2.05, 4.69) is 60.0 Å². The molecule has 0 unspecified atom stereocenters. The van der Waals surface area contributed by atoms with Crippen LogP contribution in [0.3, 0.4) is 0 Å². The van der Waals surface area contributed by atoms with Crippen molar-refractivity contribution >= 4 is 5.91 Å². The van der Waals surface area contributed by atoms with Crippen LogP contribution in [-0.2, 0) is 28.1 Å². The van der Waals surface area contributed by atoms with Crippen LogP contribution in [0, 0.1) is 11.8 Å². The van der Waals surface area contributed by atoms with E-state index in [1.165, 1.54) is 42.4 Å². The fourth-order valence-corrected chi connectivity index (χ4v) is 6.83. The summed E-state index contributed by atoms with van der Waals surface area (Å²) in [5.41, 5.74) is 3.42. The Labute approximate surface area is 211 Å². The average molecular weight is 475 g/mol. The maximum atomic E-state index is 14.0. The summed E-state index contributed by atoms with van der Waals surface area (Å²) in [4.78, 5) is 18.8. The Morgan fingerprint density at radius 3 is 2.34 bits per heavy atom. The van der Waals surface area contributed by atoms with Crippen molar-refractivity contribution in [3.63, 3.8) is 0 Å². The highest BCUT2D eigenvalue weighted by molar-refractivity contribution is 5.90. The van der Waals surface area contributed by atoms with Gasteiger partial charge >= 0.3 is 0 Å². The lowest BCUT2D eigenvalue weighted by Gasteiger charge is -2.49. The zero-order chi connectivity index (χ0) is 24.3. The second kappa shape index (κ2) is 10.8. The molecule has 0 aromatic heterocycles. The molecule has 2 aromatic rings. The minimum absolute atomic E-state index is 0.322. The van der Waals surface area contributed by atoms with E-state index in [-0.39, 0.29) is 5.41 Å². The van der Waals surface area contributed by atoms with Crippen LogP contribution >= 0.6 is 0 Å². The van der Waals surface area contributed by atoms with E-state index in [9.17, 15) is 4.79 Å². The lowest BCUT2D eigenvalue weighted by Crippen LogP contribution is -2.57. The molecule has 35 heavy (non-hydrogen) atoms. The number of hydrogen-bond acceptors (Lipinski definition) is 3. The van der Waals surface area contributed by atoms with Crippen LogP contribution in [0.1, 0.15) is 69.1 Å². The highest BCUT2D eigenvalue weighted by atomic mass is 16.5. The second-order valence-corrected chi connectivity index (χ2v) is 11.4. The van der Waals surface area contributed by atoms with Gasteiger partial charge in [-0.3, -0.25) is 4.79 Å². The SMILES string of the molecule is CC(C)C1CCC(N2CCC3(CC2)C(=O)N(CCOCc2ccccc2)Cc2ccccc23)CC1. The first-order valence-corrected chi connectivity index (χ1v) is 13.8. The van der Waals surface area contributed by atoms with Crippen molar-refractivity contribution in [1.29, 1.82) is 0 Å². The lowest BCUT2D eigenvalue weighted by atomic mass is 9.67. The van der Waals surface area contributed by atoms with Crippen LogP contribution in [0.2, 0.25) is 0 Å². The van der Waals surface area contributed by atoms with Gasteiger partial charge in [0.15, 0.2) is 0 Å². The first-order chi connectivity index (χ1) is 17.1. The molecular weight excluding hydrogens is 432 g/mol. The minimum Gasteiger partial charge on any atom is -0.375 e. The molecule has 0 N–H and O–H groups in total. The summed E-state index contributed by atoms with van der Waals surface area (Å²) in [5, 5.41) is 0. The molecule has 1 aliphatic carbocycles. The Kier molecular flexibility index (Phi) is 7.59. The van der Waals surface area contributed by atoms with Gasteiger partial charge in [0.25, 0.3) is 0 Å². The van der Waals surface area contributed by atoms with Gasteiger partial charge in [-0.1, -0.05) is 68.4 Å². The molecule has 3 aliphatic rings. The lowest BCUT2D eigenvalue weighted by molar-refractivity contribution is -0.143. The van der Waals surface area contributed by atoms with Crippen molar-refractivity contribution < 1.29 is 9.53 Å². The fourth-order valence-electron chi connectivity index (χ4n) is 6.83. The number of carbonyl (C=O) groups is 1. The molecule has 188 valence electrons. The molecular formula is C31H42N2O2. The largest absolute Gasteiger partial charge is 0.375 e. The van der Waals surface area contributed by atoms with Gasteiger partial charge in [-0.05, 0) is 80.1 Å². The number of carbonyl (C=O) groups excluding carboxylic acids is 1. The number of likely N-dealkylation sites (tertiary alicyclic amines) is 1. The minimum atomic E-state index is -0.361. The maximum Gasteiger partial charge on any atom is 0.233 e. The number of amides is 1. The van der Waals surface area contributed by atoms with Gasteiger partial charge in [0.2, 0.25) is 5.91 Å². The number of fused-ring (bicyclic) bond motifs is 2. The van der Waals surface area contributed by atoms with Crippen LogP contribution in [0.5, 0.6) is 0 Å². The van der Waals surface area contributed by atoms with Crippen molar-refractivity contribution in [1.82, 2.24) is 9.80 Å². The summed E-state index contributed by atoms with van der Waals surface area (Å²) in [6.07, 6.45) is 7.25. The third kappa shape index (κ3) is 5.20. The number of ether oxygens (including phenoxy) is 1. The molecule has 1 spiro atoms. The first-order valence-electron chi connectivity index (χ1n) is 13.8. The number of piperidine rings is 1. The first kappa shape index (κ1) is 24.5. The quantitative estimate of drug-likeness (QED) is 0.476. The Morgan fingerprint density at radius 1 is 0.943 bits per heavy atom. The van der Waals surface area contributed by atoms with Crippen molar-refractivity contribution in [2.75, 3.05) is 26.2 Å². The normalized spacial score (nSPS) is 24.7. The molecule has 1 amide bonds. The number of benzene rings is 2. The topological polar surface area (TPSA) is 32.8 Å². The highest BCUT2D eigenvalue weighted by Crippen LogP contribution is 2.44. The van der Waals surface area contributed by atoms with Crippen molar-refractivity contribution in [3.8, 4) is 0 Å². The third-order valence-electron chi connectivity index (χ3n) is 9.06. The molecule has 5 rings (SSSR count).